The summed E-state index contributed by atoms with van der Waals surface area (Å²) < 4.78 is 50.4. The van der Waals surface area contributed by atoms with Gasteiger partial charge in [-0.25, -0.2) is 17.9 Å². The van der Waals surface area contributed by atoms with Crippen molar-refractivity contribution in [1.29, 1.82) is 0 Å². The van der Waals surface area contributed by atoms with Crippen LogP contribution >= 0.6 is 0 Å². The van der Waals surface area contributed by atoms with Crippen LogP contribution in [0, 0.1) is 6.92 Å². The Morgan fingerprint density at radius 2 is 2.06 bits per heavy atom. The van der Waals surface area contributed by atoms with Crippen LogP contribution in [-0.2, 0) is 21.2 Å². The van der Waals surface area contributed by atoms with Crippen molar-refractivity contribution in [3.05, 3.63) is 53.3 Å². The number of fused-ring (bicyclic) bond motifs is 2. The predicted molar refractivity (Wildman–Crippen MR) is 113 cm³/mol. The van der Waals surface area contributed by atoms with Crippen LogP contribution < -0.4 is 14.2 Å². The Balaban J connectivity index is 1.59. The lowest BCUT2D eigenvalue weighted by Gasteiger charge is -2.27. The molecular formula is C22H23NO7S. The van der Waals surface area contributed by atoms with Crippen molar-refractivity contribution in [3.63, 3.8) is 0 Å². The van der Waals surface area contributed by atoms with Gasteiger partial charge in [0.1, 0.15) is 12.2 Å². The lowest BCUT2D eigenvalue weighted by atomic mass is 10.0. The Hall–Kier alpha value is -3.04. The van der Waals surface area contributed by atoms with E-state index in [4.69, 9.17) is 18.6 Å². The number of nitrogens with one attached hydrogen (secondary N) is 1. The SMILES string of the molecule is CCOC(=O)c1oc2ccc(S(=O)(=O)N[C@H]3COc4c(cccc4OC)C3)cc2c1C. The molecule has 0 unspecified atom stereocenters. The Kier molecular flexibility index (Phi) is 5.63. The van der Waals surface area contributed by atoms with Crippen LogP contribution in [0.2, 0.25) is 0 Å². The van der Waals surface area contributed by atoms with Gasteiger partial charge in [-0.1, -0.05) is 12.1 Å². The minimum absolute atomic E-state index is 0.0746. The fraction of sp³-hybridized carbons (Fsp3) is 0.318. The number of aryl methyl sites for hydroxylation is 1. The third-order valence-corrected chi connectivity index (χ3v) is 6.69. The highest BCUT2D eigenvalue weighted by atomic mass is 32.2. The summed E-state index contributed by atoms with van der Waals surface area (Å²) in [4.78, 5) is 12.1. The van der Waals surface area contributed by atoms with Crippen molar-refractivity contribution >= 4 is 27.0 Å². The quantitative estimate of drug-likeness (QED) is 0.581. The number of furan rings is 1. The molecule has 1 aliphatic heterocycles. The first-order valence-corrected chi connectivity index (χ1v) is 11.3. The Morgan fingerprint density at radius 3 is 2.81 bits per heavy atom. The number of benzene rings is 2. The smallest absolute Gasteiger partial charge is 0.374 e. The third kappa shape index (κ3) is 3.98. The standard InChI is InChI=1S/C22H23NO7S/c1-4-28-22(24)20-13(2)17-11-16(8-9-18(17)30-20)31(25,26)23-15-10-14-6-5-7-19(27-3)21(14)29-12-15/h5-9,11,15,23H,4,10,12H2,1-3H3/t15-/m1/s1. The summed E-state index contributed by atoms with van der Waals surface area (Å²) in [6.07, 6.45) is 0.478. The minimum Gasteiger partial charge on any atom is -0.493 e. The summed E-state index contributed by atoms with van der Waals surface area (Å²) in [5.74, 6) is 0.761. The molecule has 1 N–H and O–H groups in total. The first-order valence-electron chi connectivity index (χ1n) is 9.85. The van der Waals surface area contributed by atoms with Gasteiger partial charge in [0.15, 0.2) is 11.5 Å². The fourth-order valence-corrected chi connectivity index (χ4v) is 4.92. The molecule has 0 saturated carbocycles. The molecule has 2 aromatic carbocycles. The molecule has 0 radical (unpaired) electrons. The lowest BCUT2D eigenvalue weighted by molar-refractivity contribution is 0.0491. The monoisotopic (exact) mass is 445 g/mol. The van der Waals surface area contributed by atoms with Gasteiger partial charge in [0.05, 0.1) is 24.7 Å². The van der Waals surface area contributed by atoms with E-state index in [9.17, 15) is 13.2 Å². The number of hydrogen-bond acceptors (Lipinski definition) is 7. The van der Waals surface area contributed by atoms with Crippen LogP contribution in [-0.4, -0.2) is 40.8 Å². The number of carbonyl (C=O) groups is 1. The number of methoxy groups -OCH3 is 1. The number of para-hydroxylation sites is 1. The Morgan fingerprint density at radius 1 is 1.26 bits per heavy atom. The van der Waals surface area contributed by atoms with Gasteiger partial charge in [0.2, 0.25) is 15.8 Å². The summed E-state index contributed by atoms with van der Waals surface area (Å²) in [5, 5.41) is 0.543. The average molecular weight is 445 g/mol. The second kappa shape index (κ2) is 8.24. The topological polar surface area (TPSA) is 104 Å². The normalized spacial score (nSPS) is 15.9. The van der Waals surface area contributed by atoms with E-state index in [1.54, 1.807) is 27.0 Å². The predicted octanol–water partition coefficient (Wildman–Crippen LogP) is 3.21. The average Bonchev–Trinajstić information content (AvgIpc) is 3.09. The molecule has 0 aliphatic carbocycles. The van der Waals surface area contributed by atoms with Gasteiger partial charge in [-0.15, -0.1) is 0 Å². The number of ether oxygens (including phenoxy) is 3. The molecule has 8 nitrogen and oxygen atoms in total. The van der Waals surface area contributed by atoms with Crippen molar-refractivity contribution in [3.8, 4) is 11.5 Å². The maximum atomic E-state index is 13.0. The van der Waals surface area contributed by atoms with Crippen molar-refractivity contribution in [2.24, 2.45) is 0 Å². The number of carbonyl (C=O) groups excluding carboxylic acids is 1. The van der Waals surface area contributed by atoms with Crippen molar-refractivity contribution in [2.75, 3.05) is 20.3 Å². The van der Waals surface area contributed by atoms with Crippen LogP contribution in [0.3, 0.4) is 0 Å². The molecule has 2 heterocycles. The molecule has 0 fully saturated rings. The molecule has 31 heavy (non-hydrogen) atoms. The van der Waals surface area contributed by atoms with Crippen molar-refractivity contribution in [1.82, 2.24) is 4.72 Å². The number of esters is 1. The van der Waals surface area contributed by atoms with Crippen LogP contribution in [0.4, 0.5) is 0 Å². The summed E-state index contributed by atoms with van der Waals surface area (Å²) >= 11 is 0. The van der Waals surface area contributed by atoms with Gasteiger partial charge in [0.25, 0.3) is 0 Å². The molecule has 9 heteroatoms. The molecule has 1 atom stereocenters. The Labute approximate surface area is 180 Å². The lowest BCUT2D eigenvalue weighted by Crippen LogP contribution is -2.42. The van der Waals surface area contributed by atoms with E-state index in [0.29, 0.717) is 34.5 Å². The van der Waals surface area contributed by atoms with Gasteiger partial charge in [-0.3, -0.25) is 0 Å². The Bertz CT molecular complexity index is 1250. The van der Waals surface area contributed by atoms with Crippen LogP contribution in [0.25, 0.3) is 11.0 Å². The van der Waals surface area contributed by atoms with Crippen LogP contribution in [0.1, 0.15) is 28.6 Å². The molecular weight excluding hydrogens is 422 g/mol. The molecule has 0 spiro atoms. The second-order valence-corrected chi connectivity index (χ2v) is 8.93. The summed E-state index contributed by atoms with van der Waals surface area (Å²) in [6, 6.07) is 9.59. The van der Waals surface area contributed by atoms with Crippen LogP contribution in [0.5, 0.6) is 11.5 Å². The zero-order chi connectivity index (χ0) is 22.2. The zero-order valence-electron chi connectivity index (χ0n) is 17.4. The summed E-state index contributed by atoms with van der Waals surface area (Å²) in [7, 11) is -2.26. The highest BCUT2D eigenvalue weighted by Gasteiger charge is 2.28. The molecule has 4 rings (SSSR count). The maximum Gasteiger partial charge on any atom is 0.374 e. The van der Waals surface area contributed by atoms with E-state index in [2.05, 4.69) is 4.72 Å². The number of rotatable bonds is 6. The highest BCUT2D eigenvalue weighted by Crippen LogP contribution is 2.35. The van der Waals surface area contributed by atoms with E-state index in [0.717, 1.165) is 5.56 Å². The molecule has 164 valence electrons. The largest absolute Gasteiger partial charge is 0.493 e. The van der Waals surface area contributed by atoms with Crippen molar-refractivity contribution < 1.29 is 31.8 Å². The second-order valence-electron chi connectivity index (χ2n) is 7.22. The van der Waals surface area contributed by atoms with Gasteiger partial charge >= 0.3 is 5.97 Å². The van der Waals surface area contributed by atoms with E-state index in [-0.39, 0.29) is 23.9 Å². The molecule has 0 amide bonds. The van der Waals surface area contributed by atoms with E-state index in [1.165, 1.54) is 18.2 Å². The summed E-state index contributed by atoms with van der Waals surface area (Å²) in [5.41, 5.74) is 1.83. The van der Waals surface area contributed by atoms with Gasteiger partial charge < -0.3 is 18.6 Å². The van der Waals surface area contributed by atoms with E-state index in [1.807, 2.05) is 12.1 Å². The first-order chi connectivity index (χ1) is 14.8. The molecule has 0 saturated heterocycles. The van der Waals surface area contributed by atoms with Gasteiger partial charge in [0, 0.05) is 10.9 Å². The molecule has 0 bridgehead atoms. The molecule has 3 aromatic rings. The molecule has 1 aromatic heterocycles. The highest BCUT2D eigenvalue weighted by molar-refractivity contribution is 7.89. The molecule has 1 aliphatic rings. The minimum atomic E-state index is -3.83. The first kappa shape index (κ1) is 21.2. The third-order valence-electron chi connectivity index (χ3n) is 5.18. The number of hydrogen-bond donors (Lipinski definition) is 1. The van der Waals surface area contributed by atoms with E-state index < -0.39 is 22.0 Å². The van der Waals surface area contributed by atoms with Gasteiger partial charge in [-0.05, 0) is 50.1 Å². The maximum absolute atomic E-state index is 13.0. The number of sulfonamides is 1. The zero-order valence-corrected chi connectivity index (χ0v) is 18.2. The summed E-state index contributed by atoms with van der Waals surface area (Å²) in [6.45, 7) is 3.81. The van der Waals surface area contributed by atoms with Crippen molar-refractivity contribution in [2.45, 2.75) is 31.2 Å². The van der Waals surface area contributed by atoms with E-state index >= 15 is 0 Å². The van der Waals surface area contributed by atoms with Gasteiger partial charge in [-0.2, -0.15) is 0 Å². The fourth-order valence-electron chi connectivity index (χ4n) is 3.68. The van der Waals surface area contributed by atoms with Crippen LogP contribution in [0.15, 0.2) is 45.7 Å².